The molecular weight excluding hydrogens is 258 g/mol. The molecule has 106 valence electrons. The normalized spacial score (nSPS) is 19.3. The Morgan fingerprint density at radius 3 is 2.71 bits per heavy atom. The number of anilines is 1. The van der Waals surface area contributed by atoms with Gasteiger partial charge in [0.25, 0.3) is 0 Å². The topological polar surface area (TPSA) is 29.1 Å². The zero-order chi connectivity index (χ0) is 14.6. The number of nitrogens with one attached hydrogen (secondary N) is 1. The van der Waals surface area contributed by atoms with Gasteiger partial charge in [-0.05, 0) is 48.6 Å². The Morgan fingerprint density at radius 2 is 1.86 bits per heavy atom. The number of fused-ring (bicyclic) bond motifs is 2. The zero-order valence-electron chi connectivity index (χ0n) is 12.5. The molecule has 2 heteroatoms. The lowest BCUT2D eigenvalue weighted by Crippen LogP contribution is -2.02. The fourth-order valence-electron chi connectivity index (χ4n) is 3.82. The largest absolute Gasteiger partial charge is 0.384 e. The molecule has 0 radical (unpaired) electrons. The van der Waals surface area contributed by atoms with Gasteiger partial charge < -0.3 is 5.32 Å². The first-order valence-electron chi connectivity index (χ1n) is 7.64. The van der Waals surface area contributed by atoms with E-state index in [1.807, 2.05) is 12.1 Å². The molecule has 1 atom stereocenters. The summed E-state index contributed by atoms with van der Waals surface area (Å²) in [5.74, 6) is 0.525. The molecule has 0 aromatic heterocycles. The van der Waals surface area contributed by atoms with E-state index in [-0.39, 0.29) is 11.7 Å². The van der Waals surface area contributed by atoms with E-state index in [4.69, 9.17) is 0 Å². The Balaban J connectivity index is 1.90. The van der Waals surface area contributed by atoms with Crippen LogP contribution in [0.2, 0.25) is 0 Å². The van der Waals surface area contributed by atoms with E-state index < -0.39 is 0 Å². The molecule has 0 bridgehead atoms. The van der Waals surface area contributed by atoms with E-state index in [1.165, 1.54) is 33.5 Å². The summed E-state index contributed by atoms with van der Waals surface area (Å²) in [5.41, 5.74) is 8.67. The maximum absolute atomic E-state index is 12.3. The van der Waals surface area contributed by atoms with Crippen molar-refractivity contribution in [2.45, 2.75) is 32.6 Å². The van der Waals surface area contributed by atoms with Crippen LogP contribution in [-0.4, -0.2) is 12.3 Å². The van der Waals surface area contributed by atoms with Crippen molar-refractivity contribution in [2.75, 3.05) is 11.9 Å². The van der Waals surface area contributed by atoms with Gasteiger partial charge in [0, 0.05) is 30.1 Å². The molecule has 2 aliphatic rings. The van der Waals surface area contributed by atoms with Gasteiger partial charge in [-0.25, -0.2) is 0 Å². The lowest BCUT2D eigenvalue weighted by molar-refractivity contribution is 0.0991. The van der Waals surface area contributed by atoms with Crippen LogP contribution < -0.4 is 5.32 Å². The maximum atomic E-state index is 12.3. The molecule has 4 rings (SSSR count). The monoisotopic (exact) mass is 277 g/mol. The average molecular weight is 277 g/mol. The number of aryl methyl sites for hydroxylation is 2. The SMILES string of the molecule is Cc1ccc2c(c1)C(c1cc(C)cc3c1CCN3)CC2=O. The Bertz CT molecular complexity index is 760. The highest BCUT2D eigenvalue weighted by Crippen LogP contribution is 2.42. The van der Waals surface area contributed by atoms with Crippen molar-refractivity contribution < 1.29 is 4.79 Å². The molecular formula is C19H19NO. The van der Waals surface area contributed by atoms with Gasteiger partial charge in [0.2, 0.25) is 0 Å². The molecule has 0 saturated carbocycles. The minimum Gasteiger partial charge on any atom is -0.384 e. The van der Waals surface area contributed by atoms with Gasteiger partial charge in [-0.15, -0.1) is 0 Å². The number of Topliss-reactive ketones (excluding diaryl/α,β-unsaturated/α-hetero) is 1. The van der Waals surface area contributed by atoms with Crippen LogP contribution >= 0.6 is 0 Å². The molecule has 21 heavy (non-hydrogen) atoms. The highest BCUT2D eigenvalue weighted by atomic mass is 16.1. The fraction of sp³-hybridized carbons (Fsp3) is 0.316. The van der Waals surface area contributed by atoms with E-state index >= 15 is 0 Å². The van der Waals surface area contributed by atoms with E-state index in [0.29, 0.717) is 6.42 Å². The van der Waals surface area contributed by atoms with Crippen molar-refractivity contribution in [2.24, 2.45) is 0 Å². The van der Waals surface area contributed by atoms with Gasteiger partial charge in [-0.2, -0.15) is 0 Å². The average Bonchev–Trinajstić information content (AvgIpc) is 3.02. The Labute approximate surface area is 125 Å². The van der Waals surface area contributed by atoms with Crippen LogP contribution in [0, 0.1) is 13.8 Å². The van der Waals surface area contributed by atoms with Crippen molar-refractivity contribution in [3.8, 4) is 0 Å². The van der Waals surface area contributed by atoms with Gasteiger partial charge in [0.1, 0.15) is 0 Å². The highest BCUT2D eigenvalue weighted by molar-refractivity contribution is 6.02. The van der Waals surface area contributed by atoms with Crippen molar-refractivity contribution in [1.82, 2.24) is 0 Å². The lowest BCUT2D eigenvalue weighted by atomic mass is 9.87. The molecule has 1 aliphatic heterocycles. The maximum Gasteiger partial charge on any atom is 0.164 e. The van der Waals surface area contributed by atoms with E-state index in [9.17, 15) is 4.79 Å². The van der Waals surface area contributed by atoms with Gasteiger partial charge in [-0.3, -0.25) is 4.79 Å². The van der Waals surface area contributed by atoms with Crippen molar-refractivity contribution >= 4 is 11.5 Å². The molecule has 0 spiro atoms. The first-order valence-corrected chi connectivity index (χ1v) is 7.64. The lowest BCUT2D eigenvalue weighted by Gasteiger charge is -2.17. The van der Waals surface area contributed by atoms with E-state index in [2.05, 4.69) is 37.4 Å². The Hall–Kier alpha value is -2.09. The molecule has 1 aliphatic carbocycles. The summed E-state index contributed by atoms with van der Waals surface area (Å²) >= 11 is 0. The van der Waals surface area contributed by atoms with Gasteiger partial charge in [0.05, 0.1) is 0 Å². The number of carbonyl (C=O) groups excluding carboxylic acids is 1. The standard InChI is InChI=1S/C19H19NO/c1-11-3-4-14-16(7-11)17(10-19(14)21)15-8-12(2)9-18-13(15)5-6-20-18/h3-4,7-9,17,20H,5-6,10H2,1-2H3. The zero-order valence-corrected chi connectivity index (χ0v) is 12.5. The summed E-state index contributed by atoms with van der Waals surface area (Å²) in [6.07, 6.45) is 1.69. The molecule has 1 unspecified atom stereocenters. The fourth-order valence-corrected chi connectivity index (χ4v) is 3.82. The van der Waals surface area contributed by atoms with Gasteiger partial charge >= 0.3 is 0 Å². The van der Waals surface area contributed by atoms with Crippen molar-refractivity contribution in [3.63, 3.8) is 0 Å². The van der Waals surface area contributed by atoms with Crippen LogP contribution in [-0.2, 0) is 6.42 Å². The first kappa shape index (κ1) is 12.6. The smallest absolute Gasteiger partial charge is 0.164 e. The Morgan fingerprint density at radius 1 is 1.05 bits per heavy atom. The number of benzene rings is 2. The number of hydrogen-bond donors (Lipinski definition) is 1. The highest BCUT2D eigenvalue weighted by Gasteiger charge is 2.33. The van der Waals surface area contributed by atoms with Crippen LogP contribution in [0.5, 0.6) is 0 Å². The Kier molecular flexibility index (Phi) is 2.68. The van der Waals surface area contributed by atoms with Crippen LogP contribution in [0.15, 0.2) is 30.3 Å². The molecule has 0 amide bonds. The van der Waals surface area contributed by atoms with Crippen LogP contribution in [0.1, 0.15) is 50.5 Å². The predicted octanol–water partition coefficient (Wildman–Crippen LogP) is 3.99. The summed E-state index contributed by atoms with van der Waals surface area (Å²) in [7, 11) is 0. The van der Waals surface area contributed by atoms with E-state index in [0.717, 1.165) is 18.5 Å². The summed E-state index contributed by atoms with van der Waals surface area (Å²) in [6.45, 7) is 5.24. The molecule has 2 aromatic carbocycles. The van der Waals surface area contributed by atoms with Gasteiger partial charge in [0.15, 0.2) is 5.78 Å². The number of hydrogen-bond acceptors (Lipinski definition) is 2. The number of ketones is 1. The first-order chi connectivity index (χ1) is 10.1. The summed E-state index contributed by atoms with van der Waals surface area (Å²) in [5, 5.41) is 3.47. The molecule has 2 aromatic rings. The van der Waals surface area contributed by atoms with Gasteiger partial charge in [-0.1, -0.05) is 29.8 Å². The number of carbonyl (C=O) groups is 1. The quantitative estimate of drug-likeness (QED) is 0.854. The van der Waals surface area contributed by atoms with Crippen LogP contribution in [0.3, 0.4) is 0 Å². The molecule has 0 saturated heterocycles. The third-order valence-electron chi connectivity index (χ3n) is 4.77. The predicted molar refractivity (Wildman–Crippen MR) is 85.3 cm³/mol. The second-order valence-corrected chi connectivity index (χ2v) is 6.33. The third kappa shape index (κ3) is 1.90. The van der Waals surface area contributed by atoms with Crippen molar-refractivity contribution in [3.05, 3.63) is 63.7 Å². The van der Waals surface area contributed by atoms with Crippen LogP contribution in [0.4, 0.5) is 5.69 Å². The summed E-state index contributed by atoms with van der Waals surface area (Å²) in [4.78, 5) is 12.3. The number of rotatable bonds is 1. The van der Waals surface area contributed by atoms with Crippen molar-refractivity contribution in [1.29, 1.82) is 0 Å². The van der Waals surface area contributed by atoms with E-state index in [1.54, 1.807) is 0 Å². The molecule has 2 nitrogen and oxygen atoms in total. The summed E-state index contributed by atoms with van der Waals surface area (Å²) < 4.78 is 0. The second-order valence-electron chi connectivity index (χ2n) is 6.33. The molecule has 0 fully saturated rings. The summed E-state index contributed by atoms with van der Waals surface area (Å²) in [6, 6.07) is 10.7. The minimum absolute atomic E-state index is 0.237. The minimum atomic E-state index is 0.237. The van der Waals surface area contributed by atoms with Crippen LogP contribution in [0.25, 0.3) is 0 Å². The second kappa shape index (κ2) is 4.45. The molecule has 1 N–H and O–H groups in total. The molecule has 1 heterocycles. The third-order valence-corrected chi connectivity index (χ3v) is 4.77.